The molecule has 0 saturated carbocycles. The molecule has 0 aromatic heterocycles. The summed E-state index contributed by atoms with van der Waals surface area (Å²) in [5.41, 5.74) is 0. The third-order valence-corrected chi connectivity index (χ3v) is 14.8. The molecule has 212 valence electrons. The van der Waals surface area contributed by atoms with Gasteiger partial charge < -0.3 is 0 Å². The Morgan fingerprint density at radius 3 is 0.971 bits per heavy atom. The van der Waals surface area contributed by atoms with Crippen LogP contribution < -0.4 is 0 Å². The number of rotatable bonds is 27. The summed E-state index contributed by atoms with van der Waals surface area (Å²) in [6, 6.07) is 0. The van der Waals surface area contributed by atoms with Gasteiger partial charge in [0.25, 0.3) is 0 Å². The Kier molecular flexibility index (Phi) is 23.0. The van der Waals surface area contributed by atoms with Crippen LogP contribution in [0.15, 0.2) is 0 Å². The summed E-state index contributed by atoms with van der Waals surface area (Å²) < 4.78 is 6.55. The fourth-order valence-electron chi connectivity index (χ4n) is 5.95. The molecule has 0 aromatic carbocycles. The zero-order valence-electron chi connectivity index (χ0n) is 25.1. The van der Waals surface area contributed by atoms with Gasteiger partial charge in [0.1, 0.15) is 0 Å². The topological polar surface area (TPSA) is 26.3 Å². The molecule has 0 bridgehead atoms. The molecular weight excluding hydrogens is 447 g/mol. The summed E-state index contributed by atoms with van der Waals surface area (Å²) >= 11 is 0. The van der Waals surface area contributed by atoms with Gasteiger partial charge in [0.2, 0.25) is 0 Å². The van der Waals surface area contributed by atoms with E-state index in [9.17, 15) is 4.79 Å². The Bertz CT molecular complexity index is 452. The molecule has 0 saturated heterocycles. The van der Waals surface area contributed by atoms with E-state index in [0.29, 0.717) is 0 Å². The van der Waals surface area contributed by atoms with Crippen molar-refractivity contribution in [2.24, 2.45) is 0 Å². The van der Waals surface area contributed by atoms with Crippen LogP contribution in [-0.2, 0) is 9.32 Å². The number of carbonyl (C=O) groups excluding carboxylic acids is 1. The van der Waals surface area contributed by atoms with Crippen molar-refractivity contribution in [3.63, 3.8) is 0 Å². The van der Waals surface area contributed by atoms with E-state index in [4.69, 9.17) is 4.52 Å². The second-order valence-corrected chi connectivity index (χ2v) is 17.4. The maximum absolute atomic E-state index is 12.3. The fourth-order valence-corrected chi connectivity index (χ4v) is 12.8. The molecular formula is C32H67O2P. The molecule has 0 heterocycles. The van der Waals surface area contributed by atoms with Gasteiger partial charge in [-0.2, -0.15) is 0 Å². The van der Waals surface area contributed by atoms with E-state index >= 15 is 0 Å². The van der Waals surface area contributed by atoms with E-state index in [1.165, 1.54) is 166 Å². The van der Waals surface area contributed by atoms with Crippen molar-refractivity contribution in [2.75, 3.05) is 24.6 Å². The average Bonchev–Trinajstić information content (AvgIpc) is 2.85. The van der Waals surface area contributed by atoms with Gasteiger partial charge in [-0.3, -0.25) is 0 Å². The Balaban J connectivity index is 4.29. The molecule has 0 N–H and O–H groups in total. The molecule has 0 aliphatic heterocycles. The molecule has 0 spiro atoms. The van der Waals surface area contributed by atoms with Gasteiger partial charge in [-0.25, -0.2) is 0 Å². The summed E-state index contributed by atoms with van der Waals surface area (Å²) in [4.78, 5) is 12.3. The molecule has 3 heteroatoms. The molecule has 0 radical (unpaired) electrons. The Labute approximate surface area is 222 Å². The van der Waals surface area contributed by atoms with E-state index in [1.807, 2.05) is 0 Å². The van der Waals surface area contributed by atoms with Gasteiger partial charge in [-0.15, -0.1) is 0 Å². The van der Waals surface area contributed by atoms with Crippen molar-refractivity contribution in [3.05, 3.63) is 0 Å². The molecule has 2 nitrogen and oxygen atoms in total. The van der Waals surface area contributed by atoms with Crippen LogP contribution in [0.4, 0.5) is 0 Å². The quantitative estimate of drug-likeness (QED) is 0.0804. The van der Waals surface area contributed by atoms with Crippen LogP contribution in [0.5, 0.6) is 0 Å². The van der Waals surface area contributed by atoms with Crippen molar-refractivity contribution in [1.29, 1.82) is 0 Å². The van der Waals surface area contributed by atoms with E-state index in [2.05, 4.69) is 27.7 Å². The average molecular weight is 515 g/mol. The first-order chi connectivity index (χ1) is 17.0. The Morgan fingerprint density at radius 1 is 0.429 bits per heavy atom. The first kappa shape index (κ1) is 34.9. The van der Waals surface area contributed by atoms with Gasteiger partial charge >= 0.3 is 184 Å². The Hall–Kier alpha value is -0.100. The third-order valence-electron chi connectivity index (χ3n) is 8.20. The SMILES string of the molecule is CCCCCCCCCCCCCCCCCCP(CCCC)(CCCC)(CCCC)OC(C)=O. The zero-order valence-corrected chi connectivity index (χ0v) is 26.0. The van der Waals surface area contributed by atoms with Gasteiger partial charge in [-0.1, -0.05) is 39.0 Å². The summed E-state index contributed by atoms with van der Waals surface area (Å²) in [6.45, 7) is 8.39. The van der Waals surface area contributed by atoms with Gasteiger partial charge in [0.05, 0.1) is 0 Å². The number of carbonyl (C=O) groups is 1. The van der Waals surface area contributed by atoms with E-state index in [1.54, 1.807) is 6.92 Å². The van der Waals surface area contributed by atoms with E-state index < -0.39 is 6.83 Å². The van der Waals surface area contributed by atoms with Gasteiger partial charge in [-0.05, 0) is 0 Å². The van der Waals surface area contributed by atoms with Crippen molar-refractivity contribution >= 4 is 12.8 Å². The van der Waals surface area contributed by atoms with Crippen LogP contribution >= 0.6 is 6.83 Å². The van der Waals surface area contributed by atoms with Crippen molar-refractivity contribution in [3.8, 4) is 0 Å². The zero-order chi connectivity index (χ0) is 26.1. The molecule has 0 fully saturated rings. The predicted molar refractivity (Wildman–Crippen MR) is 162 cm³/mol. The van der Waals surface area contributed by atoms with Gasteiger partial charge in [0, 0.05) is 0 Å². The van der Waals surface area contributed by atoms with Crippen molar-refractivity contribution < 1.29 is 9.32 Å². The monoisotopic (exact) mass is 514 g/mol. The molecule has 0 aliphatic rings. The summed E-state index contributed by atoms with van der Waals surface area (Å²) in [6.07, 6.45) is 34.5. The van der Waals surface area contributed by atoms with Crippen LogP contribution in [0.3, 0.4) is 0 Å². The number of hydrogen-bond acceptors (Lipinski definition) is 2. The first-order valence-electron chi connectivity index (χ1n) is 16.2. The summed E-state index contributed by atoms with van der Waals surface area (Å²) in [5, 5.41) is 0. The molecule has 0 atom stereocenters. The standard InChI is InChI=1S/C32H67O2P/c1-6-10-14-15-16-17-18-19-20-21-22-23-24-25-26-27-31-35(28-11-7-2,29-12-8-3,30-13-9-4)34-32(5)33/h6-31H2,1-5H3. The van der Waals surface area contributed by atoms with Crippen LogP contribution in [0.1, 0.15) is 176 Å². The van der Waals surface area contributed by atoms with Gasteiger partial charge in [0.15, 0.2) is 0 Å². The van der Waals surface area contributed by atoms with Crippen molar-refractivity contribution in [1.82, 2.24) is 0 Å². The minimum absolute atomic E-state index is 0.0116. The summed E-state index contributed by atoms with van der Waals surface area (Å²) in [5.74, 6) is -0.0116. The maximum atomic E-state index is 12.3. The predicted octanol–water partition coefficient (Wildman–Crippen LogP) is 11.7. The number of unbranched alkanes of at least 4 members (excludes halogenated alkanes) is 18. The molecule has 0 aliphatic carbocycles. The van der Waals surface area contributed by atoms with Crippen LogP contribution in [0, 0.1) is 0 Å². The first-order valence-corrected chi connectivity index (χ1v) is 19.1. The second kappa shape index (κ2) is 23.0. The van der Waals surface area contributed by atoms with Crippen LogP contribution in [0.2, 0.25) is 0 Å². The molecule has 0 aromatic rings. The second-order valence-electron chi connectivity index (χ2n) is 11.7. The molecule has 0 rings (SSSR count). The van der Waals surface area contributed by atoms with Crippen molar-refractivity contribution in [2.45, 2.75) is 176 Å². The normalized spacial score (nSPS) is 13.0. The number of hydrogen-bond donors (Lipinski definition) is 0. The molecule has 35 heavy (non-hydrogen) atoms. The molecule has 0 amide bonds. The summed E-state index contributed by atoms with van der Waals surface area (Å²) in [7, 11) is 0. The van der Waals surface area contributed by atoms with Crippen LogP contribution in [0.25, 0.3) is 0 Å². The van der Waals surface area contributed by atoms with Crippen LogP contribution in [-0.4, -0.2) is 30.6 Å². The molecule has 0 unspecified atom stereocenters. The minimum atomic E-state index is -2.42. The third kappa shape index (κ3) is 17.9. The van der Waals surface area contributed by atoms with E-state index in [0.717, 1.165) is 0 Å². The fraction of sp³-hybridized carbons (Fsp3) is 0.969. The Morgan fingerprint density at radius 2 is 0.686 bits per heavy atom. The van der Waals surface area contributed by atoms with E-state index in [-0.39, 0.29) is 5.97 Å².